The van der Waals surface area contributed by atoms with Crippen molar-refractivity contribution < 1.29 is 82.0 Å². The molecule has 70 heavy (non-hydrogen) atoms. The lowest BCUT2D eigenvalue weighted by molar-refractivity contribution is -0.216. The second kappa shape index (κ2) is 40.8. The molecule has 0 radical (unpaired) electrons. The van der Waals surface area contributed by atoms with Gasteiger partial charge in [-0.2, -0.15) is 0 Å². The van der Waals surface area contributed by atoms with Crippen LogP contribution in [0.25, 0.3) is 0 Å². The van der Waals surface area contributed by atoms with E-state index in [-0.39, 0.29) is 12.8 Å². The molecule has 0 amide bonds. The topological polar surface area (TPSA) is 276 Å². The van der Waals surface area contributed by atoms with Crippen LogP contribution in [-0.4, -0.2) is 114 Å². The molecule has 9 atom stereocenters. The number of rotatable bonds is 42. The molecule has 0 heterocycles. The molecule has 0 aromatic carbocycles. The zero-order valence-electron chi connectivity index (χ0n) is 41.8. The molecular weight excluding hydrogens is 946 g/mol. The van der Waals surface area contributed by atoms with E-state index >= 15 is 0 Å². The minimum absolute atomic E-state index is 0.00684. The summed E-state index contributed by atoms with van der Waals surface area (Å²) < 4.78 is 49.4. The summed E-state index contributed by atoms with van der Waals surface area (Å²) in [6.07, 6.45) is 31.5. The predicted octanol–water partition coefficient (Wildman–Crippen LogP) is 9.37. The van der Waals surface area contributed by atoms with Crippen LogP contribution in [0.2, 0.25) is 0 Å². The highest BCUT2D eigenvalue weighted by molar-refractivity contribution is 7.47. The molecule has 1 fully saturated rings. The fourth-order valence-corrected chi connectivity index (χ4v) is 8.84. The largest absolute Gasteiger partial charge is 0.472 e. The van der Waals surface area contributed by atoms with Gasteiger partial charge < -0.3 is 49.7 Å². The number of allylic oxidation sites excluding steroid dienone is 10. The normalized spacial score (nSPS) is 22.0. The number of hydrogen-bond acceptors (Lipinski definition) is 14. The lowest BCUT2D eigenvalue weighted by Crippen LogP contribution is -2.64. The molecule has 0 aliphatic heterocycles. The first-order valence-corrected chi connectivity index (χ1v) is 28.6. The van der Waals surface area contributed by atoms with Crippen LogP contribution in [0.5, 0.6) is 0 Å². The van der Waals surface area contributed by atoms with Gasteiger partial charge in [-0.25, -0.2) is 9.13 Å². The van der Waals surface area contributed by atoms with Crippen LogP contribution in [0.3, 0.4) is 0 Å². The number of aliphatic hydroxyl groups is 5. The van der Waals surface area contributed by atoms with Gasteiger partial charge >= 0.3 is 27.6 Å². The summed E-state index contributed by atoms with van der Waals surface area (Å²) in [7, 11) is -10.7. The van der Waals surface area contributed by atoms with Crippen LogP contribution in [0.15, 0.2) is 72.9 Å². The predicted molar refractivity (Wildman–Crippen MR) is 270 cm³/mol. The third-order valence-corrected chi connectivity index (χ3v) is 12.8. The molecule has 404 valence electrons. The van der Waals surface area contributed by atoms with Gasteiger partial charge in [-0.05, 0) is 77.0 Å². The van der Waals surface area contributed by atoms with Crippen LogP contribution >= 0.6 is 15.6 Å². The highest BCUT2D eigenvalue weighted by Gasteiger charge is 2.54. The van der Waals surface area contributed by atoms with E-state index in [1.807, 2.05) is 18.2 Å². The van der Waals surface area contributed by atoms with Gasteiger partial charge in [-0.1, -0.05) is 157 Å². The van der Waals surface area contributed by atoms with E-state index in [9.17, 15) is 58.9 Å². The second-order valence-corrected chi connectivity index (χ2v) is 20.3. The van der Waals surface area contributed by atoms with E-state index in [4.69, 9.17) is 18.5 Å². The standard InChI is InChI=1S/C51H88O17P2/c1-3-5-7-9-11-13-14-15-16-17-18-19-20-21-22-24-26-30-35-39-45(54)66-43(41-65-70(62,63)68-51-48(57)46(55)47(56)50(49(51)58)67-69(59,60)61)40-64-44(53)38-34-31-27-29-33-37-42(52)36-32-28-25-23-12-10-8-6-4-2/h11-13,15-16,23,27-29,32-33,37,42-43,46-52,55-58H,3-10,14,17-22,24-26,30-31,34-36,38-41H2,1-2H3,(H,62,63)(H2,59,60,61)/b13-11-,16-15-,23-12-,29-27+,32-28-,37-33-/t42?,43-,46?,47?,48?,49?,50-,51+/m1/s1. The van der Waals surface area contributed by atoms with Crippen molar-refractivity contribution in [1.29, 1.82) is 0 Å². The zero-order valence-corrected chi connectivity index (χ0v) is 43.6. The summed E-state index contributed by atoms with van der Waals surface area (Å²) in [5, 5.41) is 51.5. The molecule has 1 aliphatic carbocycles. The number of phosphoric ester groups is 2. The Bertz CT molecular complexity index is 1640. The number of aliphatic hydroxyl groups excluding tert-OH is 5. The van der Waals surface area contributed by atoms with Crippen molar-refractivity contribution in [3.05, 3.63) is 72.9 Å². The van der Waals surface area contributed by atoms with Crippen LogP contribution in [-0.2, 0) is 41.8 Å². The fourth-order valence-electron chi connectivity index (χ4n) is 7.30. The smallest absolute Gasteiger partial charge is 0.462 e. The SMILES string of the molecule is CCCCC/C=C\C/C=C\CCCCCCCCCCCC(=O)O[C@H](COC(=O)CCC/C=C/C=C\C(O)C/C=C\C/C=C\CCCCC)COP(=O)(O)O[C@H]1C(O)C(O)C(O)[C@@H](OP(=O)(O)O)C1O. The van der Waals surface area contributed by atoms with Gasteiger partial charge in [0, 0.05) is 12.8 Å². The average molecular weight is 1040 g/mol. The Morgan fingerprint density at radius 3 is 1.57 bits per heavy atom. The molecule has 1 saturated carbocycles. The first kappa shape index (κ1) is 65.4. The Balaban J connectivity index is 2.63. The molecule has 0 saturated heterocycles. The van der Waals surface area contributed by atoms with E-state index < -0.39 is 89.6 Å². The number of carbonyl (C=O) groups is 2. The molecule has 0 aromatic heterocycles. The van der Waals surface area contributed by atoms with Crippen molar-refractivity contribution in [3.63, 3.8) is 0 Å². The van der Waals surface area contributed by atoms with Gasteiger partial charge in [0.2, 0.25) is 0 Å². The molecule has 1 aliphatic rings. The van der Waals surface area contributed by atoms with E-state index in [0.717, 1.165) is 64.2 Å². The number of phosphoric acid groups is 2. The Kier molecular flexibility index (Phi) is 38.2. The third kappa shape index (κ3) is 34.7. The molecule has 0 spiro atoms. The zero-order chi connectivity index (χ0) is 51.9. The maximum atomic E-state index is 13.0. The molecule has 6 unspecified atom stereocenters. The van der Waals surface area contributed by atoms with E-state index in [0.29, 0.717) is 25.7 Å². The number of unbranched alkanes of at least 4 members (excludes halogenated alkanes) is 16. The van der Waals surface area contributed by atoms with Crippen molar-refractivity contribution >= 4 is 27.6 Å². The number of hydrogen-bond donors (Lipinski definition) is 8. The van der Waals surface area contributed by atoms with Gasteiger partial charge in [0.15, 0.2) is 6.10 Å². The first-order valence-electron chi connectivity index (χ1n) is 25.6. The Hall–Kier alpha value is -2.60. The van der Waals surface area contributed by atoms with Gasteiger partial charge in [-0.3, -0.25) is 23.2 Å². The van der Waals surface area contributed by atoms with Crippen LogP contribution in [0.1, 0.15) is 174 Å². The monoisotopic (exact) mass is 1030 g/mol. The van der Waals surface area contributed by atoms with Crippen molar-refractivity contribution in [1.82, 2.24) is 0 Å². The second-order valence-electron chi connectivity index (χ2n) is 17.7. The van der Waals surface area contributed by atoms with Gasteiger partial charge in [0.25, 0.3) is 0 Å². The molecule has 8 N–H and O–H groups in total. The number of ether oxygens (including phenoxy) is 2. The summed E-state index contributed by atoms with van der Waals surface area (Å²) in [6.45, 7) is 2.94. The average Bonchev–Trinajstić information content (AvgIpc) is 3.31. The highest BCUT2D eigenvalue weighted by atomic mass is 31.2. The minimum atomic E-state index is -5.38. The van der Waals surface area contributed by atoms with Crippen molar-refractivity contribution in [2.75, 3.05) is 13.2 Å². The fraction of sp³-hybridized carbons (Fsp3) is 0.725. The van der Waals surface area contributed by atoms with Gasteiger partial charge in [0.1, 0.15) is 43.2 Å². The van der Waals surface area contributed by atoms with Crippen molar-refractivity contribution in [2.24, 2.45) is 0 Å². The molecule has 1 rings (SSSR count). The van der Waals surface area contributed by atoms with Crippen LogP contribution in [0, 0.1) is 0 Å². The molecular formula is C51H88O17P2. The Morgan fingerprint density at radius 2 is 1.01 bits per heavy atom. The quantitative estimate of drug-likeness (QED) is 0.00929. The van der Waals surface area contributed by atoms with Crippen LogP contribution in [0.4, 0.5) is 0 Å². The summed E-state index contributed by atoms with van der Waals surface area (Å²) in [5.41, 5.74) is 0. The maximum Gasteiger partial charge on any atom is 0.472 e. The minimum Gasteiger partial charge on any atom is -0.462 e. The summed E-state index contributed by atoms with van der Waals surface area (Å²) in [6, 6.07) is 0. The van der Waals surface area contributed by atoms with Gasteiger partial charge in [-0.15, -0.1) is 0 Å². The van der Waals surface area contributed by atoms with Crippen molar-refractivity contribution in [3.8, 4) is 0 Å². The molecule has 19 heteroatoms. The van der Waals surface area contributed by atoms with E-state index in [2.05, 4.69) is 54.8 Å². The summed E-state index contributed by atoms with van der Waals surface area (Å²) in [4.78, 5) is 54.4. The Labute approximate surface area is 417 Å². The number of esters is 2. The first-order chi connectivity index (χ1) is 33.5. The van der Waals surface area contributed by atoms with E-state index in [1.54, 1.807) is 18.2 Å². The Morgan fingerprint density at radius 1 is 0.529 bits per heavy atom. The lowest BCUT2D eigenvalue weighted by atomic mass is 9.85. The lowest BCUT2D eigenvalue weighted by Gasteiger charge is -2.43. The number of carbonyl (C=O) groups excluding carboxylic acids is 2. The third-order valence-electron chi connectivity index (χ3n) is 11.3. The van der Waals surface area contributed by atoms with E-state index in [1.165, 1.54) is 57.8 Å². The van der Waals surface area contributed by atoms with Crippen molar-refractivity contribution in [2.45, 2.75) is 223 Å². The van der Waals surface area contributed by atoms with Crippen LogP contribution < -0.4 is 0 Å². The summed E-state index contributed by atoms with van der Waals surface area (Å²) >= 11 is 0. The molecule has 0 bridgehead atoms. The molecule has 0 aromatic rings. The maximum absolute atomic E-state index is 13.0. The van der Waals surface area contributed by atoms with Gasteiger partial charge in [0.05, 0.1) is 12.7 Å². The molecule has 17 nitrogen and oxygen atoms in total. The highest BCUT2D eigenvalue weighted by Crippen LogP contribution is 2.49. The summed E-state index contributed by atoms with van der Waals surface area (Å²) in [5.74, 6) is -1.34.